The number of fused-ring (bicyclic) bond motifs is 1. The van der Waals surface area contributed by atoms with Gasteiger partial charge in [0.15, 0.2) is 17.5 Å². The Labute approximate surface area is 176 Å². The summed E-state index contributed by atoms with van der Waals surface area (Å²) in [6.45, 7) is 0.232. The molecule has 8 heteroatoms. The third-order valence-electron chi connectivity index (χ3n) is 4.57. The van der Waals surface area contributed by atoms with Crippen molar-refractivity contribution in [2.75, 3.05) is 6.54 Å². The van der Waals surface area contributed by atoms with Gasteiger partial charge in [0.05, 0.1) is 12.1 Å². The van der Waals surface area contributed by atoms with Crippen LogP contribution in [0.2, 0.25) is 5.02 Å². The monoisotopic (exact) mass is 427 g/mol. The smallest absolute Gasteiger partial charge is 0.244 e. The molecule has 0 saturated heterocycles. The van der Waals surface area contributed by atoms with Gasteiger partial charge >= 0.3 is 0 Å². The normalized spacial score (nSPS) is 15.1. The first-order valence-electron chi connectivity index (χ1n) is 9.17. The van der Waals surface area contributed by atoms with Crippen molar-refractivity contribution >= 4 is 23.6 Å². The van der Waals surface area contributed by atoms with Gasteiger partial charge in [0.2, 0.25) is 5.91 Å². The van der Waals surface area contributed by atoms with Gasteiger partial charge in [0, 0.05) is 41.0 Å². The lowest BCUT2D eigenvalue weighted by Gasteiger charge is -2.12. The van der Waals surface area contributed by atoms with Crippen LogP contribution in [0.3, 0.4) is 0 Å². The Balaban J connectivity index is 1.41. The van der Waals surface area contributed by atoms with Crippen molar-refractivity contribution in [2.24, 2.45) is 0 Å². The lowest BCUT2D eigenvalue weighted by Crippen LogP contribution is -2.33. The van der Waals surface area contributed by atoms with Crippen molar-refractivity contribution < 1.29 is 18.3 Å². The van der Waals surface area contributed by atoms with Gasteiger partial charge in [-0.1, -0.05) is 23.7 Å². The molecule has 4 rings (SSSR count). The Bertz CT molecular complexity index is 1120. The van der Waals surface area contributed by atoms with Crippen molar-refractivity contribution in [2.45, 2.75) is 12.5 Å². The summed E-state index contributed by atoms with van der Waals surface area (Å²) >= 11 is 6.23. The second-order valence-electron chi connectivity index (χ2n) is 6.68. The predicted molar refractivity (Wildman–Crippen MR) is 109 cm³/mol. The highest BCUT2D eigenvalue weighted by Crippen LogP contribution is 2.39. The molecule has 0 bridgehead atoms. The van der Waals surface area contributed by atoms with Crippen LogP contribution >= 0.6 is 11.6 Å². The topological polar surface area (TPSA) is 64.1 Å². The van der Waals surface area contributed by atoms with Crippen LogP contribution in [-0.2, 0) is 11.2 Å². The molecule has 1 aromatic heterocycles. The largest absolute Gasteiger partial charge is 0.487 e. The second-order valence-corrected chi connectivity index (χ2v) is 7.12. The fourth-order valence-corrected chi connectivity index (χ4v) is 3.44. The number of ether oxygens (including phenoxy) is 1. The summed E-state index contributed by atoms with van der Waals surface area (Å²) in [4.78, 5) is 20.6. The summed E-state index contributed by atoms with van der Waals surface area (Å²) in [6, 6.07) is 9.05. The molecule has 0 radical (unpaired) electrons. The van der Waals surface area contributed by atoms with Gasteiger partial charge in [0.1, 0.15) is 11.9 Å². The van der Waals surface area contributed by atoms with E-state index < -0.39 is 17.5 Å². The Morgan fingerprint density at radius 2 is 2.03 bits per heavy atom. The molecule has 1 atom stereocenters. The van der Waals surface area contributed by atoms with Gasteiger partial charge in [0.25, 0.3) is 0 Å². The molecule has 5 nitrogen and oxygen atoms in total. The zero-order chi connectivity index (χ0) is 21.1. The number of benzene rings is 2. The summed E-state index contributed by atoms with van der Waals surface area (Å²) in [6.07, 6.45) is 5.90. The number of rotatable bonds is 5. The number of nitrogens with one attached hydrogen (secondary N) is 1. The highest BCUT2D eigenvalue weighted by molar-refractivity contribution is 6.31. The molecular weight excluding hydrogens is 412 g/mol. The van der Waals surface area contributed by atoms with E-state index in [1.165, 1.54) is 18.2 Å². The maximum atomic E-state index is 13.6. The van der Waals surface area contributed by atoms with Crippen LogP contribution in [0.5, 0.6) is 5.75 Å². The average Bonchev–Trinajstić information content (AvgIpc) is 3.16. The van der Waals surface area contributed by atoms with E-state index in [0.29, 0.717) is 28.6 Å². The van der Waals surface area contributed by atoms with Crippen molar-refractivity contribution in [3.8, 4) is 17.1 Å². The Morgan fingerprint density at radius 3 is 2.83 bits per heavy atom. The first kappa shape index (κ1) is 20.0. The minimum atomic E-state index is -0.997. The van der Waals surface area contributed by atoms with E-state index in [1.807, 2.05) is 6.07 Å². The zero-order valence-corrected chi connectivity index (χ0v) is 16.4. The molecule has 30 heavy (non-hydrogen) atoms. The van der Waals surface area contributed by atoms with E-state index >= 15 is 0 Å². The number of hydrogen-bond acceptors (Lipinski definition) is 4. The molecule has 1 aliphatic heterocycles. The van der Waals surface area contributed by atoms with Gasteiger partial charge in [-0.25, -0.2) is 18.7 Å². The van der Waals surface area contributed by atoms with Gasteiger partial charge in [-0.2, -0.15) is 0 Å². The SMILES string of the molecule is O=C(/C=C/c1cccc(F)c1F)NC[C@H]1Cc2cc(Cl)cc(-c3ncccn3)c2O1. The van der Waals surface area contributed by atoms with E-state index in [2.05, 4.69) is 15.3 Å². The molecule has 0 aliphatic carbocycles. The first-order chi connectivity index (χ1) is 14.5. The van der Waals surface area contributed by atoms with Crippen LogP contribution in [0.4, 0.5) is 8.78 Å². The molecular formula is C22H16ClF2N3O2. The molecule has 0 fully saturated rings. The number of carbonyl (C=O) groups is 1. The highest BCUT2D eigenvalue weighted by Gasteiger charge is 2.27. The standard InChI is InChI=1S/C22H16ClF2N3O2/c23-15-9-14-10-16(30-21(14)17(11-15)22-26-7-2-8-27-22)12-28-19(29)6-5-13-3-1-4-18(24)20(13)25/h1-9,11,16H,10,12H2,(H,28,29)/b6-5+/t16-/m1/s1. The van der Waals surface area contributed by atoms with Crippen molar-refractivity contribution in [3.05, 3.63) is 82.7 Å². The maximum absolute atomic E-state index is 13.6. The minimum Gasteiger partial charge on any atom is -0.487 e. The summed E-state index contributed by atoms with van der Waals surface area (Å²) in [7, 11) is 0. The molecule has 0 saturated carbocycles. The van der Waals surface area contributed by atoms with Crippen LogP contribution in [-0.4, -0.2) is 28.5 Å². The fourth-order valence-electron chi connectivity index (χ4n) is 3.20. The number of aromatic nitrogens is 2. The molecule has 2 heterocycles. The van der Waals surface area contributed by atoms with Crippen LogP contribution in [0.1, 0.15) is 11.1 Å². The number of hydrogen-bond donors (Lipinski definition) is 1. The average molecular weight is 428 g/mol. The van der Waals surface area contributed by atoms with Crippen molar-refractivity contribution in [1.82, 2.24) is 15.3 Å². The quantitative estimate of drug-likeness (QED) is 0.619. The van der Waals surface area contributed by atoms with Crippen molar-refractivity contribution in [1.29, 1.82) is 0 Å². The van der Waals surface area contributed by atoms with Gasteiger partial charge in [-0.15, -0.1) is 0 Å². The third kappa shape index (κ3) is 4.31. The number of amides is 1. The number of nitrogens with zero attached hydrogens (tertiary/aromatic N) is 2. The Hall–Kier alpha value is -3.32. The summed E-state index contributed by atoms with van der Waals surface area (Å²) in [5.74, 6) is -1.26. The van der Waals surface area contributed by atoms with E-state index in [-0.39, 0.29) is 18.2 Å². The van der Waals surface area contributed by atoms with E-state index in [4.69, 9.17) is 16.3 Å². The summed E-state index contributed by atoms with van der Waals surface area (Å²) < 4.78 is 32.9. The third-order valence-corrected chi connectivity index (χ3v) is 4.79. The molecule has 2 aromatic carbocycles. The summed E-state index contributed by atoms with van der Waals surface area (Å²) in [5.41, 5.74) is 1.59. The minimum absolute atomic E-state index is 0.00295. The van der Waals surface area contributed by atoms with Gasteiger partial charge < -0.3 is 10.1 Å². The lowest BCUT2D eigenvalue weighted by atomic mass is 10.1. The number of carbonyl (C=O) groups excluding carboxylic acids is 1. The number of halogens is 3. The van der Waals surface area contributed by atoms with Gasteiger partial charge in [-0.3, -0.25) is 4.79 Å². The molecule has 0 unspecified atom stereocenters. The molecule has 1 N–H and O–H groups in total. The zero-order valence-electron chi connectivity index (χ0n) is 15.6. The van der Waals surface area contributed by atoms with E-state index in [9.17, 15) is 13.6 Å². The fraction of sp³-hybridized carbons (Fsp3) is 0.136. The molecule has 1 amide bonds. The van der Waals surface area contributed by atoms with E-state index in [0.717, 1.165) is 17.7 Å². The van der Waals surface area contributed by atoms with Crippen LogP contribution in [0.15, 0.2) is 54.9 Å². The van der Waals surface area contributed by atoms with Crippen LogP contribution in [0.25, 0.3) is 17.5 Å². The molecule has 3 aromatic rings. The Kier molecular flexibility index (Phi) is 5.72. The highest BCUT2D eigenvalue weighted by atomic mass is 35.5. The maximum Gasteiger partial charge on any atom is 0.244 e. The van der Waals surface area contributed by atoms with E-state index in [1.54, 1.807) is 24.5 Å². The van der Waals surface area contributed by atoms with Crippen LogP contribution < -0.4 is 10.1 Å². The first-order valence-corrected chi connectivity index (χ1v) is 9.55. The lowest BCUT2D eigenvalue weighted by molar-refractivity contribution is -0.116. The molecule has 152 valence electrons. The second kappa shape index (κ2) is 8.59. The van der Waals surface area contributed by atoms with Crippen molar-refractivity contribution in [3.63, 3.8) is 0 Å². The molecule has 1 aliphatic rings. The molecule has 0 spiro atoms. The van der Waals surface area contributed by atoms with Gasteiger partial charge in [-0.05, 0) is 30.3 Å². The predicted octanol–water partition coefficient (Wildman–Crippen LogP) is 4.21. The van der Waals surface area contributed by atoms with Crippen LogP contribution in [0, 0.1) is 11.6 Å². The Morgan fingerprint density at radius 1 is 1.23 bits per heavy atom. The summed E-state index contributed by atoms with van der Waals surface area (Å²) in [5, 5.41) is 3.25.